The molecule has 0 unspecified atom stereocenters. The van der Waals surface area contributed by atoms with Crippen molar-refractivity contribution in [2.24, 2.45) is 0 Å². The second kappa shape index (κ2) is 6.27. The van der Waals surface area contributed by atoms with Gasteiger partial charge in [-0.15, -0.1) is 11.3 Å². The standard InChI is InChI=1S/C15H19N3O4S/c1-2-11-16-10(9-23-11)8-22-12(19)7-18-13(20)15(17-14(18)21)5-3-4-6-15/h9H,2-8H2,1H3,(H,17,21). The Morgan fingerprint density at radius 2 is 2.17 bits per heavy atom. The molecule has 0 radical (unpaired) electrons. The van der Waals surface area contributed by atoms with Gasteiger partial charge >= 0.3 is 12.0 Å². The molecule has 124 valence electrons. The van der Waals surface area contributed by atoms with Crippen LogP contribution in [-0.2, 0) is 27.4 Å². The van der Waals surface area contributed by atoms with Gasteiger partial charge in [0.2, 0.25) is 0 Å². The fourth-order valence-electron chi connectivity index (χ4n) is 3.04. The molecule has 2 aliphatic rings. The van der Waals surface area contributed by atoms with E-state index in [1.165, 1.54) is 11.3 Å². The van der Waals surface area contributed by atoms with E-state index in [4.69, 9.17) is 4.74 Å². The highest BCUT2D eigenvalue weighted by Gasteiger charge is 2.52. The Morgan fingerprint density at radius 1 is 1.43 bits per heavy atom. The van der Waals surface area contributed by atoms with Crippen molar-refractivity contribution in [3.05, 3.63) is 16.1 Å². The third-order valence-electron chi connectivity index (χ3n) is 4.27. The largest absolute Gasteiger partial charge is 0.458 e. The second-order valence-corrected chi connectivity index (χ2v) is 6.80. The Kier molecular flexibility index (Phi) is 4.34. The number of aryl methyl sites for hydroxylation is 1. The smallest absolute Gasteiger partial charge is 0.326 e. The van der Waals surface area contributed by atoms with Crippen molar-refractivity contribution in [1.82, 2.24) is 15.2 Å². The molecule has 8 heteroatoms. The second-order valence-electron chi connectivity index (χ2n) is 5.86. The number of ether oxygens (including phenoxy) is 1. The van der Waals surface area contributed by atoms with Gasteiger partial charge in [-0.2, -0.15) is 0 Å². The summed E-state index contributed by atoms with van der Waals surface area (Å²) in [6.45, 7) is 1.71. The van der Waals surface area contributed by atoms with E-state index in [0.717, 1.165) is 29.2 Å². The molecule has 23 heavy (non-hydrogen) atoms. The van der Waals surface area contributed by atoms with Crippen molar-refractivity contribution in [1.29, 1.82) is 0 Å². The zero-order valence-electron chi connectivity index (χ0n) is 13.0. The molecule has 1 aliphatic heterocycles. The first-order chi connectivity index (χ1) is 11.0. The zero-order chi connectivity index (χ0) is 16.4. The van der Waals surface area contributed by atoms with E-state index in [1.807, 2.05) is 12.3 Å². The number of esters is 1. The average Bonchev–Trinajstić information content (AvgIpc) is 3.23. The summed E-state index contributed by atoms with van der Waals surface area (Å²) in [5.74, 6) is -0.909. The lowest BCUT2D eigenvalue weighted by molar-refractivity contribution is -0.148. The number of amides is 3. The first-order valence-electron chi connectivity index (χ1n) is 7.77. The van der Waals surface area contributed by atoms with Crippen LogP contribution in [0.15, 0.2) is 5.38 Å². The summed E-state index contributed by atoms with van der Waals surface area (Å²) in [5, 5.41) is 5.56. The number of urea groups is 1. The highest BCUT2D eigenvalue weighted by Crippen LogP contribution is 2.34. The summed E-state index contributed by atoms with van der Waals surface area (Å²) in [6, 6.07) is -0.504. The number of aromatic nitrogens is 1. The molecule has 0 atom stereocenters. The number of imide groups is 1. The van der Waals surface area contributed by atoms with Crippen LogP contribution in [0.4, 0.5) is 4.79 Å². The molecular weight excluding hydrogens is 318 g/mol. The summed E-state index contributed by atoms with van der Waals surface area (Å²) >= 11 is 1.52. The zero-order valence-corrected chi connectivity index (χ0v) is 13.8. The SMILES string of the molecule is CCc1nc(COC(=O)CN2C(=O)NC3(CCCC3)C2=O)cs1. The van der Waals surface area contributed by atoms with Crippen molar-refractivity contribution in [2.45, 2.75) is 51.2 Å². The average molecular weight is 337 g/mol. The highest BCUT2D eigenvalue weighted by atomic mass is 32.1. The minimum absolute atomic E-state index is 0.0596. The van der Waals surface area contributed by atoms with Gasteiger partial charge in [0.15, 0.2) is 0 Å². The van der Waals surface area contributed by atoms with Crippen LogP contribution in [0.5, 0.6) is 0 Å². The highest BCUT2D eigenvalue weighted by molar-refractivity contribution is 7.09. The number of nitrogens with one attached hydrogen (secondary N) is 1. The molecule has 2 heterocycles. The van der Waals surface area contributed by atoms with E-state index in [9.17, 15) is 14.4 Å². The van der Waals surface area contributed by atoms with Crippen molar-refractivity contribution >= 4 is 29.2 Å². The predicted molar refractivity (Wildman–Crippen MR) is 82.7 cm³/mol. The van der Waals surface area contributed by atoms with Gasteiger partial charge in [0, 0.05) is 5.38 Å². The van der Waals surface area contributed by atoms with E-state index in [1.54, 1.807) is 0 Å². The molecule has 1 aromatic rings. The first-order valence-corrected chi connectivity index (χ1v) is 8.65. The van der Waals surface area contributed by atoms with E-state index < -0.39 is 17.5 Å². The Morgan fingerprint density at radius 3 is 2.83 bits per heavy atom. The molecule has 1 saturated heterocycles. The Balaban J connectivity index is 1.55. The molecule has 1 aromatic heterocycles. The summed E-state index contributed by atoms with van der Waals surface area (Å²) in [4.78, 5) is 41.6. The van der Waals surface area contributed by atoms with Gasteiger partial charge in [-0.1, -0.05) is 19.8 Å². The number of rotatable bonds is 5. The van der Waals surface area contributed by atoms with Crippen LogP contribution in [0.1, 0.15) is 43.3 Å². The normalized spacial score (nSPS) is 19.4. The molecular formula is C15H19N3O4S. The number of nitrogens with zero attached hydrogens (tertiary/aromatic N) is 2. The Hall–Kier alpha value is -1.96. The maximum atomic E-state index is 12.4. The molecule has 7 nitrogen and oxygen atoms in total. The molecule has 3 rings (SSSR count). The van der Waals surface area contributed by atoms with E-state index in [0.29, 0.717) is 18.5 Å². The third-order valence-corrected chi connectivity index (χ3v) is 5.31. The lowest BCUT2D eigenvalue weighted by atomic mass is 9.98. The van der Waals surface area contributed by atoms with Gasteiger partial charge in [0.05, 0.1) is 10.7 Å². The minimum Gasteiger partial charge on any atom is -0.458 e. The Labute approximate surface area is 138 Å². The van der Waals surface area contributed by atoms with Gasteiger partial charge in [0.1, 0.15) is 18.7 Å². The van der Waals surface area contributed by atoms with Crippen LogP contribution in [0.2, 0.25) is 0 Å². The number of hydrogen-bond acceptors (Lipinski definition) is 6. The summed E-state index contributed by atoms with van der Waals surface area (Å²) < 4.78 is 5.13. The summed E-state index contributed by atoms with van der Waals surface area (Å²) in [7, 11) is 0. The quantitative estimate of drug-likeness (QED) is 0.651. The number of thiazole rings is 1. The Bertz CT molecular complexity index is 636. The van der Waals surface area contributed by atoms with Crippen molar-refractivity contribution < 1.29 is 19.1 Å². The summed E-state index contributed by atoms with van der Waals surface area (Å²) in [6.07, 6.45) is 3.94. The van der Waals surface area contributed by atoms with Crippen LogP contribution < -0.4 is 5.32 Å². The van der Waals surface area contributed by atoms with Crippen molar-refractivity contribution in [2.75, 3.05) is 6.54 Å². The van der Waals surface area contributed by atoms with Crippen LogP contribution in [-0.4, -0.2) is 39.9 Å². The van der Waals surface area contributed by atoms with Crippen molar-refractivity contribution in [3.63, 3.8) is 0 Å². The molecule has 3 amide bonds. The van der Waals surface area contributed by atoms with E-state index in [2.05, 4.69) is 10.3 Å². The minimum atomic E-state index is -0.789. The maximum Gasteiger partial charge on any atom is 0.326 e. The van der Waals surface area contributed by atoms with Crippen LogP contribution in [0, 0.1) is 0 Å². The lowest BCUT2D eigenvalue weighted by Crippen LogP contribution is -2.44. The molecule has 1 spiro atoms. The molecule has 1 N–H and O–H groups in total. The van der Waals surface area contributed by atoms with Crippen molar-refractivity contribution in [3.8, 4) is 0 Å². The first kappa shape index (κ1) is 15.9. The fourth-order valence-corrected chi connectivity index (χ4v) is 3.77. The molecule has 0 bridgehead atoms. The van der Waals surface area contributed by atoms with Crippen LogP contribution in [0.3, 0.4) is 0 Å². The summed E-state index contributed by atoms with van der Waals surface area (Å²) in [5.41, 5.74) is -0.105. The maximum absolute atomic E-state index is 12.4. The molecule has 1 aliphatic carbocycles. The lowest BCUT2D eigenvalue weighted by Gasteiger charge is -2.19. The van der Waals surface area contributed by atoms with Gasteiger partial charge in [-0.05, 0) is 19.3 Å². The molecule has 0 aromatic carbocycles. The predicted octanol–water partition coefficient (Wildman–Crippen LogP) is 1.61. The number of carbonyl (C=O) groups excluding carboxylic acids is 3. The monoisotopic (exact) mass is 337 g/mol. The van der Waals surface area contributed by atoms with Crippen LogP contribution >= 0.6 is 11.3 Å². The molecule has 1 saturated carbocycles. The van der Waals surface area contributed by atoms with Crippen LogP contribution in [0.25, 0.3) is 0 Å². The fraction of sp³-hybridized carbons (Fsp3) is 0.600. The van der Waals surface area contributed by atoms with Gasteiger partial charge in [-0.3, -0.25) is 14.5 Å². The van der Waals surface area contributed by atoms with Gasteiger partial charge in [-0.25, -0.2) is 9.78 Å². The number of hydrogen-bond donors (Lipinski definition) is 1. The third kappa shape index (κ3) is 3.08. The van der Waals surface area contributed by atoms with Gasteiger partial charge < -0.3 is 10.1 Å². The number of carbonyl (C=O) groups is 3. The topological polar surface area (TPSA) is 88.6 Å². The van der Waals surface area contributed by atoms with E-state index in [-0.39, 0.29) is 19.1 Å². The molecule has 2 fully saturated rings. The van der Waals surface area contributed by atoms with E-state index >= 15 is 0 Å². The van der Waals surface area contributed by atoms with Gasteiger partial charge in [0.25, 0.3) is 5.91 Å².